The highest BCUT2D eigenvalue weighted by atomic mass is 16.5. The lowest BCUT2D eigenvalue weighted by Gasteiger charge is -2.29. The van der Waals surface area contributed by atoms with Gasteiger partial charge in [-0.25, -0.2) is 9.59 Å². The summed E-state index contributed by atoms with van der Waals surface area (Å²) in [5.41, 5.74) is 4.70. The van der Waals surface area contributed by atoms with Crippen molar-refractivity contribution in [1.82, 2.24) is 10.6 Å². The van der Waals surface area contributed by atoms with Crippen molar-refractivity contribution < 1.29 is 24.2 Å². The molecule has 184 valence electrons. The van der Waals surface area contributed by atoms with Crippen LogP contribution in [0.5, 0.6) is 0 Å². The third kappa shape index (κ3) is 5.73. The first kappa shape index (κ1) is 24.5. The summed E-state index contributed by atoms with van der Waals surface area (Å²) in [6, 6.07) is 15.4. The van der Waals surface area contributed by atoms with Crippen molar-refractivity contribution in [3.63, 3.8) is 0 Å². The zero-order chi connectivity index (χ0) is 24.8. The van der Waals surface area contributed by atoms with E-state index in [4.69, 9.17) is 4.74 Å². The number of carboxylic acid groups (broad SMARTS) is 1. The molecule has 1 fully saturated rings. The molecule has 3 unspecified atom stereocenters. The van der Waals surface area contributed by atoms with E-state index in [1.807, 2.05) is 24.3 Å². The Labute approximate surface area is 205 Å². The Hall–Kier alpha value is -3.61. The normalized spacial score (nSPS) is 19.7. The van der Waals surface area contributed by atoms with Crippen molar-refractivity contribution in [3.05, 3.63) is 72.3 Å². The van der Waals surface area contributed by atoms with Gasteiger partial charge in [-0.05, 0) is 53.9 Å². The van der Waals surface area contributed by atoms with Crippen LogP contribution in [0.25, 0.3) is 11.1 Å². The quantitative estimate of drug-likeness (QED) is 0.463. The van der Waals surface area contributed by atoms with Gasteiger partial charge in [-0.1, -0.05) is 61.0 Å². The maximum Gasteiger partial charge on any atom is 0.407 e. The predicted molar refractivity (Wildman–Crippen MR) is 133 cm³/mol. The first-order valence-corrected chi connectivity index (χ1v) is 12.2. The molecule has 3 atom stereocenters. The molecule has 0 spiro atoms. The van der Waals surface area contributed by atoms with E-state index in [1.54, 1.807) is 0 Å². The van der Waals surface area contributed by atoms with Crippen molar-refractivity contribution in [1.29, 1.82) is 0 Å². The molecular formula is C28H32N2O5. The average molecular weight is 477 g/mol. The van der Waals surface area contributed by atoms with E-state index in [0.717, 1.165) is 12.8 Å². The average Bonchev–Trinajstić information content (AvgIpc) is 3.19. The summed E-state index contributed by atoms with van der Waals surface area (Å²) in [5, 5.41) is 14.7. The number of hydrogen-bond donors (Lipinski definition) is 3. The smallest absolute Gasteiger partial charge is 0.407 e. The van der Waals surface area contributed by atoms with Crippen molar-refractivity contribution in [2.75, 3.05) is 13.2 Å². The first-order chi connectivity index (χ1) is 17.0. The zero-order valence-electron chi connectivity index (χ0n) is 19.7. The number of aliphatic carboxylic acids is 1. The molecule has 7 heteroatoms. The Bertz CT molecular complexity index is 1050. The van der Waals surface area contributed by atoms with Crippen LogP contribution in [0.3, 0.4) is 0 Å². The number of rotatable bonds is 9. The lowest BCUT2D eigenvalue weighted by atomic mass is 9.81. The van der Waals surface area contributed by atoms with Crippen LogP contribution in [-0.2, 0) is 14.3 Å². The number of nitrogens with one attached hydrogen (secondary N) is 2. The van der Waals surface area contributed by atoms with E-state index in [0.29, 0.717) is 19.4 Å². The van der Waals surface area contributed by atoms with E-state index in [9.17, 15) is 19.5 Å². The van der Waals surface area contributed by atoms with Crippen LogP contribution >= 0.6 is 0 Å². The van der Waals surface area contributed by atoms with Gasteiger partial charge in [0.2, 0.25) is 5.91 Å². The monoisotopic (exact) mass is 476 g/mol. The molecular weight excluding hydrogens is 444 g/mol. The summed E-state index contributed by atoms with van der Waals surface area (Å²) in [7, 11) is 0. The Balaban J connectivity index is 1.27. The van der Waals surface area contributed by atoms with Crippen molar-refractivity contribution in [3.8, 4) is 11.1 Å². The largest absolute Gasteiger partial charge is 0.480 e. The summed E-state index contributed by atoms with van der Waals surface area (Å²) in [5.74, 6) is -1.42. The second kappa shape index (κ2) is 11.2. The Morgan fingerprint density at radius 3 is 2.34 bits per heavy atom. The lowest BCUT2D eigenvalue weighted by molar-refractivity contribution is -0.142. The topological polar surface area (TPSA) is 105 Å². The van der Waals surface area contributed by atoms with Gasteiger partial charge in [0.15, 0.2) is 0 Å². The van der Waals surface area contributed by atoms with Crippen LogP contribution in [0.15, 0.2) is 61.2 Å². The number of fused-ring (bicyclic) bond motifs is 3. The minimum Gasteiger partial charge on any atom is -0.480 e. The first-order valence-electron chi connectivity index (χ1n) is 12.2. The minimum atomic E-state index is -1.07. The molecule has 1 saturated carbocycles. The minimum absolute atomic E-state index is 0.00801. The van der Waals surface area contributed by atoms with E-state index in [1.165, 1.54) is 28.3 Å². The fraction of sp³-hybridized carbons (Fsp3) is 0.393. The van der Waals surface area contributed by atoms with Crippen LogP contribution in [0.2, 0.25) is 0 Å². The number of amides is 2. The molecule has 2 aliphatic rings. The van der Waals surface area contributed by atoms with E-state index in [2.05, 4.69) is 41.5 Å². The summed E-state index contributed by atoms with van der Waals surface area (Å²) >= 11 is 0. The molecule has 0 heterocycles. The van der Waals surface area contributed by atoms with Gasteiger partial charge < -0.3 is 20.5 Å². The van der Waals surface area contributed by atoms with Crippen LogP contribution in [-0.4, -0.2) is 42.3 Å². The van der Waals surface area contributed by atoms with E-state index < -0.39 is 18.1 Å². The van der Waals surface area contributed by atoms with Crippen LogP contribution in [0.4, 0.5) is 4.79 Å². The lowest BCUT2D eigenvalue weighted by Crippen LogP contribution is -2.45. The van der Waals surface area contributed by atoms with E-state index in [-0.39, 0.29) is 36.7 Å². The van der Waals surface area contributed by atoms with Gasteiger partial charge in [0.05, 0.1) is 0 Å². The fourth-order valence-electron chi connectivity index (χ4n) is 5.27. The molecule has 4 rings (SSSR count). The molecule has 2 aromatic carbocycles. The molecule has 2 aliphatic carbocycles. The number of benzene rings is 2. The predicted octanol–water partition coefficient (Wildman–Crippen LogP) is 4.48. The van der Waals surface area contributed by atoms with Gasteiger partial charge in [0.25, 0.3) is 0 Å². The van der Waals surface area contributed by atoms with Crippen molar-refractivity contribution in [2.45, 2.75) is 44.1 Å². The van der Waals surface area contributed by atoms with Crippen LogP contribution in [0.1, 0.15) is 49.1 Å². The fourth-order valence-corrected chi connectivity index (χ4v) is 5.27. The highest BCUT2D eigenvalue weighted by Gasteiger charge is 2.31. The van der Waals surface area contributed by atoms with Gasteiger partial charge in [-0.15, -0.1) is 6.58 Å². The van der Waals surface area contributed by atoms with Crippen molar-refractivity contribution >= 4 is 18.0 Å². The van der Waals surface area contributed by atoms with Gasteiger partial charge in [0.1, 0.15) is 12.6 Å². The summed E-state index contributed by atoms with van der Waals surface area (Å²) < 4.78 is 5.61. The second-order valence-corrected chi connectivity index (χ2v) is 9.36. The maximum atomic E-state index is 12.6. The molecule has 0 aliphatic heterocycles. The van der Waals surface area contributed by atoms with Gasteiger partial charge in [0, 0.05) is 18.4 Å². The van der Waals surface area contributed by atoms with E-state index >= 15 is 0 Å². The second-order valence-electron chi connectivity index (χ2n) is 9.36. The molecule has 2 amide bonds. The number of ether oxygens (including phenoxy) is 1. The molecule has 0 radical (unpaired) electrons. The van der Waals surface area contributed by atoms with Gasteiger partial charge in [-0.2, -0.15) is 0 Å². The number of carbonyl (C=O) groups excluding carboxylic acids is 2. The molecule has 0 bridgehead atoms. The number of hydrogen-bond acceptors (Lipinski definition) is 4. The Morgan fingerprint density at radius 1 is 1.06 bits per heavy atom. The SMILES string of the molecule is C=CCC(NC(=O)C1CCCC(CNC(=O)OCC2c3ccccc3-c3ccccc32)C1)C(=O)O. The molecule has 3 N–H and O–H groups in total. The van der Waals surface area contributed by atoms with Crippen molar-refractivity contribution in [2.24, 2.45) is 11.8 Å². The molecule has 0 aromatic heterocycles. The summed E-state index contributed by atoms with van der Waals surface area (Å²) in [6.45, 7) is 4.24. The highest BCUT2D eigenvalue weighted by molar-refractivity contribution is 5.85. The number of alkyl carbamates (subject to hydrolysis) is 1. The molecule has 35 heavy (non-hydrogen) atoms. The van der Waals surface area contributed by atoms with Crippen LogP contribution in [0, 0.1) is 11.8 Å². The molecule has 7 nitrogen and oxygen atoms in total. The Kier molecular flexibility index (Phi) is 7.85. The Morgan fingerprint density at radius 2 is 1.71 bits per heavy atom. The third-order valence-corrected chi connectivity index (χ3v) is 7.05. The maximum absolute atomic E-state index is 12.6. The third-order valence-electron chi connectivity index (χ3n) is 7.05. The summed E-state index contributed by atoms with van der Waals surface area (Å²) in [4.78, 5) is 36.4. The summed E-state index contributed by atoms with van der Waals surface area (Å²) in [6.07, 6.45) is 4.29. The zero-order valence-corrected chi connectivity index (χ0v) is 19.7. The standard InChI is InChI=1S/C28H32N2O5/c1-2-8-25(27(32)33)30-26(31)19-10-7-9-18(15-19)16-29-28(34)35-17-24-22-13-5-3-11-20(22)21-12-4-6-14-23(21)24/h2-6,11-14,18-19,24-25H,1,7-10,15-17H2,(H,29,34)(H,30,31)(H,32,33). The van der Waals surface area contributed by atoms with Crippen LogP contribution < -0.4 is 10.6 Å². The number of carbonyl (C=O) groups is 3. The molecule has 0 saturated heterocycles. The number of carboxylic acids is 1. The molecule has 2 aromatic rings. The highest BCUT2D eigenvalue weighted by Crippen LogP contribution is 2.44. The van der Waals surface area contributed by atoms with Gasteiger partial charge >= 0.3 is 12.1 Å². The van der Waals surface area contributed by atoms with Gasteiger partial charge in [-0.3, -0.25) is 4.79 Å².